The van der Waals surface area contributed by atoms with E-state index in [1.807, 2.05) is 36.4 Å². The van der Waals surface area contributed by atoms with E-state index in [-0.39, 0.29) is 23.8 Å². The molecule has 3 aromatic carbocycles. The molecule has 1 aliphatic heterocycles. The number of ether oxygens (including phenoxy) is 4. The molecule has 0 saturated carbocycles. The molecule has 0 radical (unpaired) electrons. The van der Waals surface area contributed by atoms with Crippen LogP contribution >= 0.6 is 0 Å². The molecular weight excluding hydrogens is 448 g/mol. The van der Waals surface area contributed by atoms with Crippen molar-refractivity contribution in [2.24, 2.45) is 0 Å². The molecule has 3 aromatic rings. The van der Waals surface area contributed by atoms with Crippen LogP contribution in [0, 0.1) is 0 Å². The Morgan fingerprint density at radius 3 is 1.97 bits per heavy atom. The molecule has 0 unspecified atom stereocenters. The van der Waals surface area contributed by atoms with Gasteiger partial charge in [0.05, 0.1) is 0 Å². The number of benzene rings is 3. The van der Waals surface area contributed by atoms with E-state index in [0.29, 0.717) is 5.56 Å². The maximum atomic E-state index is 12.4. The fourth-order valence-corrected chi connectivity index (χ4v) is 4.29. The van der Waals surface area contributed by atoms with E-state index in [9.17, 15) is 14.4 Å². The van der Waals surface area contributed by atoms with Crippen molar-refractivity contribution < 1.29 is 33.3 Å². The predicted molar refractivity (Wildman–Crippen MR) is 126 cm³/mol. The van der Waals surface area contributed by atoms with Crippen molar-refractivity contribution in [1.82, 2.24) is 0 Å². The zero-order chi connectivity index (χ0) is 24.6. The minimum atomic E-state index is -1.30. The van der Waals surface area contributed by atoms with Gasteiger partial charge < -0.3 is 18.9 Å². The number of carbonyl (C=O) groups is 3. The van der Waals surface area contributed by atoms with Gasteiger partial charge in [-0.25, -0.2) is 14.4 Å². The number of rotatable bonds is 4. The third-order valence-corrected chi connectivity index (χ3v) is 5.84. The molecule has 2 aliphatic rings. The first-order valence-electron chi connectivity index (χ1n) is 11.1. The van der Waals surface area contributed by atoms with Crippen LogP contribution in [0.3, 0.4) is 0 Å². The summed E-state index contributed by atoms with van der Waals surface area (Å²) in [6, 6.07) is 22.4. The van der Waals surface area contributed by atoms with Crippen molar-refractivity contribution in [1.29, 1.82) is 0 Å². The lowest BCUT2D eigenvalue weighted by molar-refractivity contribution is -0.222. The molecule has 0 bridgehead atoms. The quantitative estimate of drug-likeness (QED) is 0.223. The normalized spacial score (nSPS) is 16.0. The highest BCUT2D eigenvalue weighted by atomic mass is 16.7. The third-order valence-electron chi connectivity index (χ3n) is 5.84. The lowest BCUT2D eigenvalue weighted by Crippen LogP contribution is -2.41. The van der Waals surface area contributed by atoms with Gasteiger partial charge in [-0.3, -0.25) is 0 Å². The molecule has 1 fully saturated rings. The van der Waals surface area contributed by atoms with Crippen LogP contribution in [0.5, 0.6) is 5.75 Å². The van der Waals surface area contributed by atoms with Crippen LogP contribution < -0.4 is 4.74 Å². The van der Waals surface area contributed by atoms with Gasteiger partial charge in [0.15, 0.2) is 0 Å². The standard InChI is InChI=1S/C28H22O7/c1-28(2)34-25(29)23(26(30)35-28)15-17-11-13-18(14-12-17)33-27(31)32-16-24-21-9-5-3-7-19(21)20-8-4-6-10-22(20)24/h3-15,24H,16H2,1-2H3. The van der Waals surface area contributed by atoms with Gasteiger partial charge in [0.2, 0.25) is 0 Å². The number of carbonyl (C=O) groups excluding carboxylic acids is 3. The highest BCUT2D eigenvalue weighted by molar-refractivity contribution is 6.18. The Labute approximate surface area is 201 Å². The Balaban J connectivity index is 1.22. The van der Waals surface area contributed by atoms with Crippen LogP contribution in [0.1, 0.15) is 36.5 Å². The summed E-state index contributed by atoms with van der Waals surface area (Å²) in [6.07, 6.45) is 0.538. The van der Waals surface area contributed by atoms with Gasteiger partial charge in [-0.2, -0.15) is 0 Å². The minimum Gasteiger partial charge on any atom is -0.433 e. The number of hydrogen-bond acceptors (Lipinski definition) is 7. The van der Waals surface area contributed by atoms with Crippen LogP contribution in [-0.2, 0) is 23.8 Å². The summed E-state index contributed by atoms with van der Waals surface area (Å²) in [5.74, 6) is -2.62. The summed E-state index contributed by atoms with van der Waals surface area (Å²) in [5, 5.41) is 0. The first-order valence-corrected chi connectivity index (χ1v) is 11.1. The van der Waals surface area contributed by atoms with Crippen molar-refractivity contribution in [3.05, 3.63) is 95.1 Å². The lowest BCUT2D eigenvalue weighted by atomic mass is 9.98. The zero-order valence-corrected chi connectivity index (χ0v) is 19.1. The molecule has 5 rings (SSSR count). The SMILES string of the molecule is CC1(C)OC(=O)C(=Cc2ccc(OC(=O)OCC3c4ccccc4-c4ccccc43)cc2)C(=O)O1. The molecule has 0 spiro atoms. The molecule has 7 nitrogen and oxygen atoms in total. The van der Waals surface area contributed by atoms with Crippen LogP contribution in [0.15, 0.2) is 78.4 Å². The lowest BCUT2D eigenvalue weighted by Gasteiger charge is -2.29. The van der Waals surface area contributed by atoms with Crippen molar-refractivity contribution in [3.63, 3.8) is 0 Å². The van der Waals surface area contributed by atoms with Crippen molar-refractivity contribution in [3.8, 4) is 16.9 Å². The van der Waals surface area contributed by atoms with Gasteiger partial charge in [-0.05, 0) is 46.0 Å². The molecule has 0 atom stereocenters. The second-order valence-corrected chi connectivity index (χ2v) is 8.70. The van der Waals surface area contributed by atoms with Crippen LogP contribution in [0.4, 0.5) is 4.79 Å². The molecule has 176 valence electrons. The van der Waals surface area contributed by atoms with E-state index in [2.05, 4.69) is 12.1 Å². The highest BCUT2D eigenvalue weighted by Crippen LogP contribution is 2.44. The molecule has 35 heavy (non-hydrogen) atoms. The van der Waals surface area contributed by atoms with Crippen LogP contribution in [0.2, 0.25) is 0 Å². The smallest absolute Gasteiger partial charge is 0.433 e. The molecular formula is C28H22O7. The summed E-state index contributed by atoms with van der Waals surface area (Å²) in [5.41, 5.74) is 4.83. The van der Waals surface area contributed by atoms with E-state index in [1.54, 1.807) is 12.1 Å². The molecule has 0 aromatic heterocycles. The fourth-order valence-electron chi connectivity index (χ4n) is 4.29. The number of cyclic esters (lactones) is 2. The van der Waals surface area contributed by atoms with Gasteiger partial charge in [-0.15, -0.1) is 0 Å². The Morgan fingerprint density at radius 2 is 1.40 bits per heavy atom. The van der Waals surface area contributed by atoms with Crippen molar-refractivity contribution in [2.75, 3.05) is 6.61 Å². The molecule has 1 saturated heterocycles. The van der Waals surface area contributed by atoms with Crippen LogP contribution in [0.25, 0.3) is 17.2 Å². The Morgan fingerprint density at radius 1 is 0.857 bits per heavy atom. The van der Waals surface area contributed by atoms with E-state index >= 15 is 0 Å². The molecule has 1 aliphatic carbocycles. The summed E-state index contributed by atoms with van der Waals surface area (Å²) < 4.78 is 20.9. The van der Waals surface area contributed by atoms with Crippen LogP contribution in [-0.4, -0.2) is 30.5 Å². The largest absolute Gasteiger partial charge is 0.513 e. The molecule has 1 heterocycles. The zero-order valence-electron chi connectivity index (χ0n) is 19.1. The van der Waals surface area contributed by atoms with Gasteiger partial charge in [0.1, 0.15) is 17.9 Å². The summed E-state index contributed by atoms with van der Waals surface area (Å²) in [7, 11) is 0. The summed E-state index contributed by atoms with van der Waals surface area (Å²) >= 11 is 0. The van der Waals surface area contributed by atoms with E-state index in [1.165, 1.54) is 32.1 Å². The Hall–Kier alpha value is -4.39. The number of fused-ring (bicyclic) bond motifs is 3. The average Bonchev–Trinajstić information content (AvgIpc) is 3.14. The topological polar surface area (TPSA) is 88.1 Å². The predicted octanol–water partition coefficient (Wildman–Crippen LogP) is 5.23. The Bertz CT molecular complexity index is 1280. The first-order chi connectivity index (χ1) is 16.8. The maximum Gasteiger partial charge on any atom is 0.513 e. The van der Waals surface area contributed by atoms with Gasteiger partial charge in [0.25, 0.3) is 5.79 Å². The van der Waals surface area contributed by atoms with Gasteiger partial charge in [-0.1, -0.05) is 60.7 Å². The Kier molecular flexibility index (Phi) is 5.61. The average molecular weight is 470 g/mol. The fraction of sp³-hybridized carbons (Fsp3) is 0.179. The highest BCUT2D eigenvalue weighted by Gasteiger charge is 2.38. The monoisotopic (exact) mass is 470 g/mol. The second kappa shape index (κ2) is 8.76. The number of hydrogen-bond donors (Lipinski definition) is 0. The van der Waals surface area contributed by atoms with Crippen molar-refractivity contribution >= 4 is 24.2 Å². The third kappa shape index (κ3) is 4.53. The molecule has 0 amide bonds. The number of esters is 2. The van der Waals surface area contributed by atoms with Crippen molar-refractivity contribution in [2.45, 2.75) is 25.6 Å². The summed E-state index contributed by atoms with van der Waals surface area (Å²) in [6.45, 7) is 3.11. The maximum absolute atomic E-state index is 12.4. The minimum absolute atomic E-state index is 0.0658. The van der Waals surface area contributed by atoms with Gasteiger partial charge in [0, 0.05) is 19.8 Å². The second-order valence-electron chi connectivity index (χ2n) is 8.70. The molecule has 7 heteroatoms. The van der Waals surface area contributed by atoms with Gasteiger partial charge >= 0.3 is 18.1 Å². The van der Waals surface area contributed by atoms with E-state index in [0.717, 1.165) is 22.3 Å². The molecule has 0 N–H and O–H groups in total. The van der Waals surface area contributed by atoms with E-state index in [4.69, 9.17) is 18.9 Å². The summed E-state index contributed by atoms with van der Waals surface area (Å²) in [4.78, 5) is 36.6. The first kappa shape index (κ1) is 22.4. The van der Waals surface area contributed by atoms with E-state index < -0.39 is 23.9 Å².